The van der Waals surface area contributed by atoms with Crippen LogP contribution in [0.25, 0.3) is 0 Å². The molecule has 0 aliphatic heterocycles. The zero-order valence-corrected chi connectivity index (χ0v) is 14.5. The molecule has 0 heterocycles. The predicted molar refractivity (Wildman–Crippen MR) is 94.2 cm³/mol. The Bertz CT molecular complexity index is 524. The number of nitrogens with one attached hydrogen (secondary N) is 1. The Labute approximate surface area is 138 Å². The molecule has 1 atom stereocenters. The molecule has 0 fully saturated rings. The summed E-state index contributed by atoms with van der Waals surface area (Å²) in [6, 6.07) is 9.34. The smallest absolute Gasteiger partial charge is 0.243 e. The lowest BCUT2D eigenvalue weighted by Gasteiger charge is -2.28. The van der Waals surface area contributed by atoms with Gasteiger partial charge in [0.1, 0.15) is 5.92 Å². The van der Waals surface area contributed by atoms with Gasteiger partial charge >= 0.3 is 0 Å². The summed E-state index contributed by atoms with van der Waals surface area (Å²) in [5.41, 5.74) is 0.949. The maximum Gasteiger partial charge on any atom is 0.243 e. The second kappa shape index (κ2) is 9.20. The highest BCUT2D eigenvalue weighted by Crippen LogP contribution is 2.19. The third kappa shape index (κ3) is 5.28. The number of Topliss-reactive ketones (excluding diaryl/α,β-unsaturated/α-hetero) is 1. The first kappa shape index (κ1) is 19.0. The van der Waals surface area contributed by atoms with Crippen molar-refractivity contribution in [3.05, 3.63) is 30.3 Å². The van der Waals surface area contributed by atoms with Crippen molar-refractivity contribution < 1.29 is 9.59 Å². The summed E-state index contributed by atoms with van der Waals surface area (Å²) < 4.78 is 0. The van der Waals surface area contributed by atoms with Crippen molar-refractivity contribution in [2.45, 2.75) is 26.7 Å². The first-order chi connectivity index (χ1) is 10.9. The minimum absolute atomic E-state index is 0.187. The van der Waals surface area contributed by atoms with Crippen molar-refractivity contribution in [1.29, 1.82) is 5.41 Å². The van der Waals surface area contributed by atoms with Gasteiger partial charge in [0, 0.05) is 30.9 Å². The normalized spacial score (nSPS) is 12.0. The molecule has 0 spiro atoms. The molecule has 0 aliphatic carbocycles. The average molecular weight is 317 g/mol. The minimum atomic E-state index is -0.965. The van der Waals surface area contributed by atoms with Gasteiger partial charge in [0.05, 0.1) is 0 Å². The van der Waals surface area contributed by atoms with Crippen LogP contribution >= 0.6 is 0 Å². The van der Waals surface area contributed by atoms with Crippen LogP contribution in [-0.4, -0.2) is 49.5 Å². The molecule has 5 nitrogen and oxygen atoms in total. The quantitative estimate of drug-likeness (QED) is 0.562. The Morgan fingerprint density at radius 1 is 1.04 bits per heavy atom. The Morgan fingerprint density at radius 2 is 1.65 bits per heavy atom. The van der Waals surface area contributed by atoms with Crippen LogP contribution in [0, 0.1) is 11.3 Å². The van der Waals surface area contributed by atoms with Crippen LogP contribution in [0.4, 0.5) is 5.69 Å². The maximum absolute atomic E-state index is 13.0. The molecule has 1 N–H and O–H groups in total. The van der Waals surface area contributed by atoms with Crippen molar-refractivity contribution in [1.82, 2.24) is 4.90 Å². The van der Waals surface area contributed by atoms with Crippen LogP contribution in [0.3, 0.4) is 0 Å². The second-order valence-electron chi connectivity index (χ2n) is 5.76. The number of carbonyl (C=O) groups excluding carboxylic acids is 2. The number of rotatable bonds is 9. The van der Waals surface area contributed by atoms with E-state index in [0.29, 0.717) is 19.5 Å². The first-order valence-corrected chi connectivity index (χ1v) is 8.03. The lowest BCUT2D eigenvalue weighted by Crippen LogP contribution is -2.45. The molecule has 0 aromatic heterocycles. The fourth-order valence-electron chi connectivity index (χ4n) is 2.32. The van der Waals surface area contributed by atoms with E-state index in [4.69, 9.17) is 5.41 Å². The van der Waals surface area contributed by atoms with Gasteiger partial charge < -0.3 is 15.2 Å². The van der Waals surface area contributed by atoms with E-state index in [-0.39, 0.29) is 23.8 Å². The molecule has 0 saturated carbocycles. The van der Waals surface area contributed by atoms with E-state index in [1.807, 2.05) is 49.3 Å². The summed E-state index contributed by atoms with van der Waals surface area (Å²) >= 11 is 0. The largest absolute Gasteiger partial charge is 0.310 e. The van der Waals surface area contributed by atoms with Crippen LogP contribution in [0.5, 0.6) is 0 Å². The first-order valence-electron chi connectivity index (χ1n) is 8.03. The molecular formula is C18H27N3O2. The number of ketones is 1. The monoisotopic (exact) mass is 317 g/mol. The highest BCUT2D eigenvalue weighted by Gasteiger charge is 2.33. The number of amides is 1. The lowest BCUT2D eigenvalue weighted by molar-refractivity contribution is -0.129. The fraction of sp³-hybridized carbons (Fsp3) is 0.500. The van der Waals surface area contributed by atoms with E-state index >= 15 is 0 Å². The Morgan fingerprint density at radius 3 is 2.13 bits per heavy atom. The average Bonchev–Trinajstić information content (AvgIpc) is 2.55. The van der Waals surface area contributed by atoms with Crippen LogP contribution < -0.4 is 4.90 Å². The summed E-state index contributed by atoms with van der Waals surface area (Å²) in [6.45, 7) is 4.71. The molecule has 5 heteroatoms. The zero-order valence-electron chi connectivity index (χ0n) is 14.5. The fourth-order valence-corrected chi connectivity index (χ4v) is 2.32. The molecule has 1 amide bonds. The molecule has 0 radical (unpaired) electrons. The molecule has 1 unspecified atom stereocenters. The Hall–Kier alpha value is -2.01. The molecule has 23 heavy (non-hydrogen) atoms. The number of nitrogens with zero attached hydrogens (tertiary/aromatic N) is 2. The molecule has 0 bridgehead atoms. The number of carbonyl (C=O) groups is 2. The van der Waals surface area contributed by atoms with Crippen molar-refractivity contribution in [2.75, 3.05) is 32.1 Å². The summed E-state index contributed by atoms with van der Waals surface area (Å²) in [5, 5.41) is 8.05. The van der Waals surface area contributed by atoms with E-state index in [2.05, 4.69) is 0 Å². The molecule has 1 aromatic rings. The van der Waals surface area contributed by atoms with E-state index in [0.717, 1.165) is 5.69 Å². The van der Waals surface area contributed by atoms with E-state index in [1.54, 1.807) is 18.7 Å². The predicted octanol–water partition coefficient (Wildman–Crippen LogP) is 2.61. The number of anilines is 1. The van der Waals surface area contributed by atoms with Crippen molar-refractivity contribution in [2.24, 2.45) is 5.92 Å². The number of hydrogen-bond donors (Lipinski definition) is 1. The van der Waals surface area contributed by atoms with E-state index < -0.39 is 5.92 Å². The van der Waals surface area contributed by atoms with Gasteiger partial charge in [-0.2, -0.15) is 0 Å². The summed E-state index contributed by atoms with van der Waals surface area (Å²) in [4.78, 5) is 28.9. The summed E-state index contributed by atoms with van der Waals surface area (Å²) in [5.74, 6) is -1.45. The van der Waals surface area contributed by atoms with Gasteiger partial charge in [0.2, 0.25) is 5.91 Å². The van der Waals surface area contributed by atoms with Crippen molar-refractivity contribution in [3.63, 3.8) is 0 Å². The van der Waals surface area contributed by atoms with Gasteiger partial charge in [-0.15, -0.1) is 0 Å². The molecular weight excluding hydrogens is 290 g/mol. The van der Waals surface area contributed by atoms with Crippen LogP contribution in [0.1, 0.15) is 26.7 Å². The topological polar surface area (TPSA) is 64.5 Å². The Balaban J connectivity index is 3.14. The van der Waals surface area contributed by atoms with Gasteiger partial charge in [-0.05, 0) is 32.6 Å². The lowest BCUT2D eigenvalue weighted by atomic mass is 9.93. The maximum atomic E-state index is 13.0. The SMILES string of the molecule is CCC(=N)C(C(=O)CC)C(=O)N(CCN(C)C)c1ccccc1. The number of hydrogen-bond acceptors (Lipinski definition) is 4. The summed E-state index contributed by atoms with van der Waals surface area (Å²) in [6.07, 6.45) is 0.660. The molecule has 1 aromatic carbocycles. The van der Waals surface area contributed by atoms with E-state index in [9.17, 15) is 9.59 Å². The van der Waals surface area contributed by atoms with Gasteiger partial charge in [-0.25, -0.2) is 0 Å². The highest BCUT2D eigenvalue weighted by atomic mass is 16.2. The molecule has 0 aliphatic rings. The van der Waals surface area contributed by atoms with Crippen LogP contribution in [0.15, 0.2) is 30.3 Å². The Kier molecular flexibility index (Phi) is 7.62. The minimum Gasteiger partial charge on any atom is -0.310 e. The third-order valence-corrected chi connectivity index (χ3v) is 3.75. The van der Waals surface area contributed by atoms with Gasteiger partial charge in [-0.3, -0.25) is 9.59 Å². The van der Waals surface area contributed by atoms with Gasteiger partial charge in [-0.1, -0.05) is 32.0 Å². The van der Waals surface area contributed by atoms with Gasteiger partial charge in [0.25, 0.3) is 0 Å². The van der Waals surface area contributed by atoms with Crippen molar-refractivity contribution in [3.8, 4) is 0 Å². The summed E-state index contributed by atoms with van der Waals surface area (Å²) in [7, 11) is 3.88. The molecule has 1 rings (SSSR count). The third-order valence-electron chi connectivity index (χ3n) is 3.75. The second-order valence-corrected chi connectivity index (χ2v) is 5.76. The van der Waals surface area contributed by atoms with E-state index in [1.165, 1.54) is 0 Å². The number of likely N-dealkylation sites (N-methyl/N-ethyl adjacent to an activating group) is 1. The standard InChI is InChI=1S/C18H27N3O2/c1-5-15(19)17(16(22)6-2)18(23)21(13-12-20(3)4)14-10-8-7-9-11-14/h7-11,17,19H,5-6,12-13H2,1-4H3. The number of para-hydroxylation sites is 1. The molecule has 0 saturated heterocycles. The van der Waals surface area contributed by atoms with Gasteiger partial charge in [0.15, 0.2) is 5.78 Å². The van der Waals surface area contributed by atoms with Crippen LogP contribution in [0.2, 0.25) is 0 Å². The zero-order chi connectivity index (χ0) is 17.4. The number of benzene rings is 1. The van der Waals surface area contributed by atoms with Crippen LogP contribution in [-0.2, 0) is 9.59 Å². The van der Waals surface area contributed by atoms with Crippen molar-refractivity contribution >= 4 is 23.1 Å². The molecule has 126 valence electrons. The highest BCUT2D eigenvalue weighted by molar-refractivity contribution is 6.23.